The molecule has 176 valence electrons. The van der Waals surface area contributed by atoms with Crippen LogP contribution in [0.2, 0.25) is 0 Å². The molecule has 3 aromatic heterocycles. The Kier molecular flexibility index (Phi) is 4.70. The fourth-order valence-electron chi connectivity index (χ4n) is 4.86. The van der Waals surface area contributed by atoms with E-state index in [0.717, 1.165) is 42.4 Å². The molecule has 1 saturated heterocycles. The van der Waals surface area contributed by atoms with Gasteiger partial charge in [0.15, 0.2) is 11.4 Å². The molecular weight excluding hydrogens is 448 g/mol. The first kappa shape index (κ1) is 21.1. The number of imide groups is 1. The van der Waals surface area contributed by atoms with Gasteiger partial charge in [-0.2, -0.15) is 5.10 Å². The predicted molar refractivity (Wildman–Crippen MR) is 127 cm³/mol. The number of likely N-dealkylation sites (tertiary alicyclic amines) is 1. The Labute approximate surface area is 199 Å². The van der Waals surface area contributed by atoms with Crippen LogP contribution >= 0.6 is 0 Å². The predicted octanol–water partition coefficient (Wildman–Crippen LogP) is 3.01. The van der Waals surface area contributed by atoms with Crippen molar-refractivity contribution in [2.24, 2.45) is 0 Å². The van der Waals surface area contributed by atoms with E-state index in [9.17, 15) is 14.4 Å². The molecule has 0 aliphatic carbocycles. The molecule has 10 heteroatoms. The summed E-state index contributed by atoms with van der Waals surface area (Å²) < 4.78 is 8.01. The maximum atomic E-state index is 12.1. The molecule has 1 fully saturated rings. The zero-order chi connectivity index (χ0) is 24.3. The van der Waals surface area contributed by atoms with Crippen LogP contribution in [-0.2, 0) is 4.79 Å². The number of anilines is 1. The molecule has 35 heavy (non-hydrogen) atoms. The first-order chi connectivity index (χ1) is 16.9. The Morgan fingerprint density at radius 2 is 1.83 bits per heavy atom. The van der Waals surface area contributed by atoms with Crippen molar-refractivity contribution >= 4 is 34.5 Å². The van der Waals surface area contributed by atoms with E-state index in [-0.39, 0.29) is 17.8 Å². The largest absolute Gasteiger partial charge is 0.452 e. The molecule has 2 aliphatic rings. The van der Waals surface area contributed by atoms with Gasteiger partial charge in [0.05, 0.1) is 23.4 Å². The highest BCUT2D eigenvalue weighted by Crippen LogP contribution is 2.37. The van der Waals surface area contributed by atoms with E-state index in [4.69, 9.17) is 10.2 Å². The van der Waals surface area contributed by atoms with E-state index in [0.29, 0.717) is 28.0 Å². The van der Waals surface area contributed by atoms with E-state index >= 15 is 0 Å². The summed E-state index contributed by atoms with van der Waals surface area (Å²) in [6.07, 6.45) is 7.17. The molecule has 0 atom stereocenters. The van der Waals surface area contributed by atoms with E-state index in [1.54, 1.807) is 37.5 Å². The van der Waals surface area contributed by atoms with E-state index in [2.05, 4.69) is 15.4 Å². The third-order valence-electron chi connectivity index (χ3n) is 6.80. The average molecular weight is 470 g/mol. The number of benzene rings is 1. The molecule has 0 radical (unpaired) electrons. The van der Waals surface area contributed by atoms with Gasteiger partial charge in [-0.25, -0.2) is 4.98 Å². The number of nitrogens with zero attached hydrogens (tertiary/aromatic N) is 4. The first-order valence-electron chi connectivity index (χ1n) is 11.4. The van der Waals surface area contributed by atoms with Crippen molar-refractivity contribution in [2.45, 2.75) is 25.8 Å². The van der Waals surface area contributed by atoms with Crippen LogP contribution in [-0.4, -0.2) is 50.5 Å². The van der Waals surface area contributed by atoms with Gasteiger partial charge in [0.2, 0.25) is 5.91 Å². The molecule has 0 spiro atoms. The van der Waals surface area contributed by atoms with Gasteiger partial charge in [0.1, 0.15) is 5.76 Å². The SMILES string of the molecule is CC(=O)N1CCC(n2cc(-c3cnc(N)c4oc(-c5ccc6c(c5)C(=O)NC6=O)cc34)cn2)CC1. The van der Waals surface area contributed by atoms with Crippen molar-refractivity contribution in [3.05, 3.63) is 54.0 Å². The van der Waals surface area contributed by atoms with Crippen LogP contribution in [0.1, 0.15) is 46.5 Å². The van der Waals surface area contributed by atoms with E-state index in [1.165, 1.54) is 0 Å². The molecule has 3 amide bonds. The maximum Gasteiger partial charge on any atom is 0.258 e. The summed E-state index contributed by atoms with van der Waals surface area (Å²) in [7, 11) is 0. The third-order valence-corrected chi connectivity index (χ3v) is 6.80. The van der Waals surface area contributed by atoms with Crippen LogP contribution in [0.5, 0.6) is 0 Å². The lowest BCUT2D eigenvalue weighted by Gasteiger charge is -2.31. The summed E-state index contributed by atoms with van der Waals surface area (Å²) in [6.45, 7) is 3.04. The van der Waals surface area contributed by atoms with Crippen molar-refractivity contribution in [1.82, 2.24) is 25.0 Å². The molecule has 5 heterocycles. The quantitative estimate of drug-likeness (QED) is 0.439. The Bertz CT molecular complexity index is 1530. The van der Waals surface area contributed by atoms with Crippen molar-refractivity contribution in [1.29, 1.82) is 0 Å². The van der Waals surface area contributed by atoms with Crippen LogP contribution in [0.3, 0.4) is 0 Å². The molecular formula is C25H22N6O4. The Hall–Kier alpha value is -4.47. The van der Waals surface area contributed by atoms with Gasteiger partial charge >= 0.3 is 0 Å². The van der Waals surface area contributed by atoms with Crippen LogP contribution in [0.25, 0.3) is 33.4 Å². The smallest absolute Gasteiger partial charge is 0.258 e. The van der Waals surface area contributed by atoms with Crippen LogP contribution in [0, 0.1) is 0 Å². The van der Waals surface area contributed by atoms with Gasteiger partial charge in [-0.05, 0) is 31.0 Å². The number of nitrogen functional groups attached to an aromatic ring is 1. The molecule has 6 rings (SSSR count). The van der Waals surface area contributed by atoms with E-state index < -0.39 is 11.8 Å². The molecule has 4 aromatic rings. The number of hydrogen-bond donors (Lipinski definition) is 2. The van der Waals surface area contributed by atoms with E-state index in [1.807, 2.05) is 21.8 Å². The second-order valence-electron chi connectivity index (χ2n) is 8.90. The average Bonchev–Trinajstić information content (AvgIpc) is 3.58. The number of furan rings is 1. The second kappa shape index (κ2) is 7.79. The number of piperidine rings is 1. The number of aromatic nitrogens is 3. The Morgan fingerprint density at radius 1 is 1.06 bits per heavy atom. The summed E-state index contributed by atoms with van der Waals surface area (Å²) in [5, 5.41) is 7.66. The number of rotatable bonds is 3. The number of fused-ring (bicyclic) bond motifs is 2. The summed E-state index contributed by atoms with van der Waals surface area (Å²) in [5.74, 6) is 0.0477. The lowest BCUT2D eigenvalue weighted by Crippen LogP contribution is -2.37. The number of carbonyl (C=O) groups excluding carboxylic acids is 3. The van der Waals surface area contributed by atoms with Gasteiger partial charge in [0, 0.05) is 54.5 Å². The fourth-order valence-corrected chi connectivity index (χ4v) is 4.86. The lowest BCUT2D eigenvalue weighted by atomic mass is 10.0. The van der Waals surface area contributed by atoms with Crippen molar-refractivity contribution in [3.63, 3.8) is 0 Å². The topological polar surface area (TPSA) is 136 Å². The highest BCUT2D eigenvalue weighted by Gasteiger charge is 2.28. The molecule has 1 aromatic carbocycles. The van der Waals surface area contributed by atoms with Crippen molar-refractivity contribution in [3.8, 4) is 22.5 Å². The van der Waals surface area contributed by atoms with Gasteiger partial charge in [-0.15, -0.1) is 0 Å². The summed E-state index contributed by atoms with van der Waals surface area (Å²) in [4.78, 5) is 41.7. The molecule has 0 bridgehead atoms. The molecule has 10 nitrogen and oxygen atoms in total. The zero-order valence-electron chi connectivity index (χ0n) is 18.9. The fraction of sp³-hybridized carbons (Fsp3) is 0.240. The van der Waals surface area contributed by atoms with Crippen LogP contribution < -0.4 is 11.1 Å². The zero-order valence-corrected chi connectivity index (χ0v) is 18.9. The number of pyridine rings is 1. The first-order valence-corrected chi connectivity index (χ1v) is 11.4. The third kappa shape index (κ3) is 3.45. The van der Waals surface area contributed by atoms with Crippen molar-refractivity contribution < 1.29 is 18.8 Å². The number of amides is 3. The number of nitrogens with two attached hydrogens (primary N) is 1. The second-order valence-corrected chi connectivity index (χ2v) is 8.90. The maximum absolute atomic E-state index is 12.1. The minimum Gasteiger partial charge on any atom is -0.452 e. The summed E-state index contributed by atoms with van der Waals surface area (Å²) >= 11 is 0. The Balaban J connectivity index is 1.35. The van der Waals surface area contributed by atoms with Gasteiger partial charge in [-0.3, -0.25) is 24.4 Å². The van der Waals surface area contributed by atoms with Gasteiger partial charge < -0.3 is 15.1 Å². The highest BCUT2D eigenvalue weighted by molar-refractivity contribution is 6.21. The van der Waals surface area contributed by atoms with Crippen LogP contribution in [0.4, 0.5) is 5.82 Å². The lowest BCUT2D eigenvalue weighted by molar-refractivity contribution is -0.130. The van der Waals surface area contributed by atoms with Crippen molar-refractivity contribution in [2.75, 3.05) is 18.8 Å². The Morgan fingerprint density at radius 3 is 2.60 bits per heavy atom. The molecule has 0 unspecified atom stereocenters. The highest BCUT2D eigenvalue weighted by atomic mass is 16.3. The summed E-state index contributed by atoms with van der Waals surface area (Å²) in [6, 6.07) is 7.08. The standard InChI is InChI=1S/C25H22N6O4/c1-13(32)30-6-4-16(5-7-30)31-12-15(10-28-31)20-11-27-23(26)22-18(20)9-21(35-22)14-2-3-17-19(8-14)25(34)29-24(17)33/h2-3,8-12,16H,4-7H2,1H3,(H2,26,27)(H,29,33,34). The molecule has 3 N–H and O–H groups in total. The minimum absolute atomic E-state index is 0.103. The summed E-state index contributed by atoms with van der Waals surface area (Å²) in [5.41, 5.74) is 9.58. The molecule has 0 saturated carbocycles. The number of hydrogen-bond acceptors (Lipinski definition) is 7. The number of carbonyl (C=O) groups is 3. The number of nitrogens with one attached hydrogen (secondary N) is 1. The molecule has 2 aliphatic heterocycles. The normalized spacial score (nSPS) is 16.1. The van der Waals surface area contributed by atoms with Gasteiger partial charge in [0.25, 0.3) is 11.8 Å². The van der Waals surface area contributed by atoms with Gasteiger partial charge in [-0.1, -0.05) is 6.07 Å². The monoisotopic (exact) mass is 470 g/mol. The van der Waals surface area contributed by atoms with Crippen LogP contribution in [0.15, 0.2) is 47.3 Å². The minimum atomic E-state index is -0.425.